The number of carboxylic acid groups (broad SMARTS) is 1. The molecule has 0 saturated heterocycles. The maximum atomic E-state index is 12.4. The summed E-state index contributed by atoms with van der Waals surface area (Å²) in [4.78, 5) is 26.5. The minimum absolute atomic E-state index is 0.278. The predicted octanol–water partition coefficient (Wildman–Crippen LogP) is 11.7. The molecule has 0 rings (SSSR count). The molecule has 0 aliphatic carbocycles. The Kier molecular flexibility index (Phi) is 32.2. The van der Waals surface area contributed by atoms with Gasteiger partial charge in [0.1, 0.15) is 6.10 Å². The second-order valence-corrected chi connectivity index (χ2v) is 13.2. The van der Waals surface area contributed by atoms with Gasteiger partial charge < -0.3 is 19.5 Å². The van der Waals surface area contributed by atoms with E-state index in [-0.39, 0.29) is 12.0 Å². The number of allylic oxidation sites excluding steroid dienone is 4. The highest BCUT2D eigenvalue weighted by atomic mass is 16.7. The number of carbonyl (C=O) groups is 2. The average Bonchev–Trinajstić information content (AvgIpc) is 3.01. The number of carboxylic acids is 1. The summed E-state index contributed by atoms with van der Waals surface area (Å²) in [5.41, 5.74) is 0. The Bertz CT molecular complexity index is 720. The first kappa shape index (κ1) is 43.2. The van der Waals surface area contributed by atoms with Crippen LogP contribution in [0.1, 0.15) is 174 Å². The number of nitrogens with zero attached hydrogens (tertiary/aromatic N) is 1. The zero-order valence-electron chi connectivity index (χ0n) is 30.1. The zero-order valence-corrected chi connectivity index (χ0v) is 30.1. The van der Waals surface area contributed by atoms with Gasteiger partial charge in [-0.25, -0.2) is 4.79 Å². The van der Waals surface area contributed by atoms with Crippen molar-refractivity contribution in [2.24, 2.45) is 5.92 Å². The summed E-state index contributed by atoms with van der Waals surface area (Å²) >= 11 is 0. The minimum atomic E-state index is -0.732. The maximum absolute atomic E-state index is 12.4. The van der Waals surface area contributed by atoms with Gasteiger partial charge in [-0.2, -0.15) is 0 Å². The van der Waals surface area contributed by atoms with Crippen molar-refractivity contribution >= 4 is 12.1 Å². The van der Waals surface area contributed by atoms with Crippen molar-refractivity contribution < 1.29 is 24.2 Å². The Balaban J connectivity index is 4.41. The first-order valence-electron chi connectivity index (χ1n) is 18.9. The molecule has 45 heavy (non-hydrogen) atoms. The molecule has 0 saturated carbocycles. The third-order valence-electron chi connectivity index (χ3n) is 8.55. The molecule has 0 spiro atoms. The lowest BCUT2D eigenvalue weighted by molar-refractivity contribution is -0.142. The number of unbranched alkanes of at least 4 members (excludes halogenated alkanes) is 16. The molecular formula is C39H73NO5. The summed E-state index contributed by atoms with van der Waals surface area (Å²) in [6.07, 6.45) is 35.6. The van der Waals surface area contributed by atoms with Crippen LogP contribution in [0.4, 0.5) is 4.79 Å². The summed E-state index contributed by atoms with van der Waals surface area (Å²) in [6, 6.07) is 0. The molecule has 0 radical (unpaired) electrons. The SMILES string of the molecule is CCCCC/C=C\C/C=C\CCCCCCC(CCC(CCCCCCCCCCCC)OC(=O)OCCCN(C)C)C(=O)O. The number of hydrogen-bond acceptors (Lipinski definition) is 5. The van der Waals surface area contributed by atoms with Crippen LogP contribution in [0, 0.1) is 5.92 Å². The van der Waals surface area contributed by atoms with Crippen LogP contribution in [0.3, 0.4) is 0 Å². The van der Waals surface area contributed by atoms with E-state index in [2.05, 4.69) is 43.1 Å². The van der Waals surface area contributed by atoms with Gasteiger partial charge in [-0.15, -0.1) is 0 Å². The average molecular weight is 636 g/mol. The van der Waals surface area contributed by atoms with Crippen LogP contribution in [0.5, 0.6) is 0 Å². The van der Waals surface area contributed by atoms with Gasteiger partial charge in [-0.3, -0.25) is 4.79 Å². The molecule has 6 nitrogen and oxygen atoms in total. The Hall–Kier alpha value is -1.82. The van der Waals surface area contributed by atoms with Crippen molar-refractivity contribution in [3.8, 4) is 0 Å². The van der Waals surface area contributed by atoms with Crippen molar-refractivity contribution in [3.05, 3.63) is 24.3 Å². The molecule has 1 N–H and O–H groups in total. The summed E-state index contributed by atoms with van der Waals surface area (Å²) in [5.74, 6) is -1.12. The highest BCUT2D eigenvalue weighted by Crippen LogP contribution is 2.22. The van der Waals surface area contributed by atoms with E-state index in [9.17, 15) is 14.7 Å². The lowest BCUT2D eigenvalue weighted by Crippen LogP contribution is -2.23. The first-order valence-corrected chi connectivity index (χ1v) is 18.9. The molecule has 0 aliphatic rings. The van der Waals surface area contributed by atoms with Crippen LogP contribution in [0.15, 0.2) is 24.3 Å². The van der Waals surface area contributed by atoms with E-state index in [4.69, 9.17) is 9.47 Å². The standard InChI is InChI=1S/C39H73NO5/c1-5-7-9-11-13-15-17-18-19-20-21-23-25-27-30-36(38(41)42)32-33-37(45-39(43)44-35-29-34-40(3)4)31-28-26-24-22-16-14-12-10-8-6-2/h13,15,18-19,36-37H,5-12,14,16-17,20-35H2,1-4H3,(H,41,42)/b15-13-,19-18-. The van der Waals surface area contributed by atoms with E-state index < -0.39 is 12.1 Å². The molecule has 0 aromatic heterocycles. The molecule has 0 aromatic carbocycles. The van der Waals surface area contributed by atoms with E-state index in [1.54, 1.807) is 0 Å². The summed E-state index contributed by atoms with van der Waals surface area (Å²) in [7, 11) is 3.99. The molecule has 2 atom stereocenters. The zero-order chi connectivity index (χ0) is 33.2. The van der Waals surface area contributed by atoms with Gasteiger partial charge >= 0.3 is 12.1 Å². The topological polar surface area (TPSA) is 76.1 Å². The van der Waals surface area contributed by atoms with Gasteiger partial charge in [0, 0.05) is 6.54 Å². The van der Waals surface area contributed by atoms with Gasteiger partial charge in [-0.05, 0) is 84.7 Å². The number of rotatable bonds is 33. The molecule has 6 heteroatoms. The van der Waals surface area contributed by atoms with Crippen LogP contribution < -0.4 is 0 Å². The quantitative estimate of drug-likeness (QED) is 0.0439. The Morgan fingerprint density at radius 3 is 1.71 bits per heavy atom. The molecule has 0 aromatic rings. The Labute approximate surface area is 278 Å². The molecule has 2 unspecified atom stereocenters. The van der Waals surface area contributed by atoms with Gasteiger partial charge in [0.05, 0.1) is 12.5 Å². The monoisotopic (exact) mass is 636 g/mol. The predicted molar refractivity (Wildman–Crippen MR) is 191 cm³/mol. The highest BCUT2D eigenvalue weighted by Gasteiger charge is 2.22. The lowest BCUT2D eigenvalue weighted by atomic mass is 9.93. The minimum Gasteiger partial charge on any atom is -0.481 e. The Morgan fingerprint density at radius 2 is 1.13 bits per heavy atom. The first-order chi connectivity index (χ1) is 21.9. The number of carbonyl (C=O) groups excluding carboxylic acids is 1. The van der Waals surface area contributed by atoms with Crippen LogP contribution in [0.25, 0.3) is 0 Å². The Morgan fingerprint density at radius 1 is 0.622 bits per heavy atom. The van der Waals surface area contributed by atoms with Gasteiger partial charge in [0.15, 0.2) is 0 Å². The van der Waals surface area contributed by atoms with Gasteiger partial charge in [-0.1, -0.05) is 128 Å². The fourth-order valence-corrected chi connectivity index (χ4v) is 5.63. The van der Waals surface area contributed by atoms with Crippen molar-refractivity contribution in [1.82, 2.24) is 4.90 Å². The van der Waals surface area contributed by atoms with Crippen LogP contribution >= 0.6 is 0 Å². The van der Waals surface area contributed by atoms with E-state index in [0.29, 0.717) is 25.9 Å². The smallest absolute Gasteiger partial charge is 0.481 e. The fraction of sp³-hybridized carbons (Fsp3) is 0.846. The van der Waals surface area contributed by atoms with E-state index >= 15 is 0 Å². The summed E-state index contributed by atoms with van der Waals surface area (Å²) in [5, 5.41) is 9.87. The fourth-order valence-electron chi connectivity index (χ4n) is 5.63. The van der Waals surface area contributed by atoms with Crippen molar-refractivity contribution in [3.63, 3.8) is 0 Å². The highest BCUT2D eigenvalue weighted by molar-refractivity contribution is 5.69. The number of aliphatic carboxylic acids is 1. The third-order valence-corrected chi connectivity index (χ3v) is 8.55. The molecule has 0 bridgehead atoms. The second kappa shape index (κ2) is 33.5. The van der Waals surface area contributed by atoms with E-state index in [1.165, 1.54) is 77.0 Å². The van der Waals surface area contributed by atoms with Crippen molar-refractivity contribution in [2.75, 3.05) is 27.2 Å². The second-order valence-electron chi connectivity index (χ2n) is 13.2. The van der Waals surface area contributed by atoms with Crippen LogP contribution in [0.2, 0.25) is 0 Å². The van der Waals surface area contributed by atoms with Gasteiger partial charge in [0.25, 0.3) is 0 Å². The normalized spacial score (nSPS) is 13.2. The molecule has 0 aliphatic heterocycles. The molecule has 0 heterocycles. The number of hydrogen-bond donors (Lipinski definition) is 1. The van der Waals surface area contributed by atoms with Crippen molar-refractivity contribution in [1.29, 1.82) is 0 Å². The van der Waals surface area contributed by atoms with Crippen molar-refractivity contribution in [2.45, 2.75) is 180 Å². The molecular weight excluding hydrogens is 562 g/mol. The molecule has 0 amide bonds. The van der Waals surface area contributed by atoms with E-state index in [1.807, 2.05) is 14.1 Å². The molecule has 264 valence electrons. The largest absolute Gasteiger partial charge is 0.508 e. The molecule has 0 fully saturated rings. The summed E-state index contributed by atoms with van der Waals surface area (Å²) in [6.45, 7) is 5.68. The van der Waals surface area contributed by atoms with E-state index in [0.717, 1.165) is 70.8 Å². The van der Waals surface area contributed by atoms with Crippen LogP contribution in [-0.2, 0) is 14.3 Å². The lowest BCUT2D eigenvalue weighted by Gasteiger charge is -2.20. The third kappa shape index (κ3) is 31.9. The van der Waals surface area contributed by atoms with Crippen LogP contribution in [-0.4, -0.2) is 55.5 Å². The maximum Gasteiger partial charge on any atom is 0.508 e. The summed E-state index contributed by atoms with van der Waals surface area (Å²) < 4.78 is 11.0. The van der Waals surface area contributed by atoms with Gasteiger partial charge in [0.2, 0.25) is 0 Å². The number of ether oxygens (including phenoxy) is 2.